The molecule has 2 heterocycles. The van der Waals surface area contributed by atoms with Gasteiger partial charge in [-0.15, -0.1) is 11.3 Å². The number of anilines is 1. The van der Waals surface area contributed by atoms with Gasteiger partial charge in [0, 0.05) is 21.5 Å². The fourth-order valence-corrected chi connectivity index (χ4v) is 4.29. The Labute approximate surface area is 145 Å². The molecule has 1 atom stereocenters. The molecular formula is C19H19N3OS. The lowest BCUT2D eigenvalue weighted by atomic mass is 9.93. The SMILES string of the molecule is Cc1ccc2ccc(C(=O)Nc3nc4c(s3)CC(C)CC4)cc2n1. The van der Waals surface area contributed by atoms with Crippen LogP contribution in [0.15, 0.2) is 30.3 Å². The molecule has 0 saturated heterocycles. The van der Waals surface area contributed by atoms with Crippen molar-refractivity contribution in [2.75, 3.05) is 5.32 Å². The lowest BCUT2D eigenvalue weighted by molar-refractivity contribution is 0.102. The third-order valence-corrected chi connectivity index (χ3v) is 5.54. The van der Waals surface area contributed by atoms with Crippen molar-refractivity contribution in [1.82, 2.24) is 9.97 Å². The summed E-state index contributed by atoms with van der Waals surface area (Å²) in [5.74, 6) is 0.579. The number of aromatic nitrogens is 2. The highest BCUT2D eigenvalue weighted by molar-refractivity contribution is 7.15. The van der Waals surface area contributed by atoms with Gasteiger partial charge in [-0.05, 0) is 50.3 Å². The number of nitrogens with zero attached hydrogens (tertiary/aromatic N) is 2. The molecule has 0 spiro atoms. The number of thiazole rings is 1. The summed E-state index contributed by atoms with van der Waals surface area (Å²) < 4.78 is 0. The Balaban J connectivity index is 1.58. The minimum absolute atomic E-state index is 0.126. The van der Waals surface area contributed by atoms with Crippen LogP contribution in [0.25, 0.3) is 10.9 Å². The summed E-state index contributed by atoms with van der Waals surface area (Å²) in [6.45, 7) is 4.22. The molecular weight excluding hydrogens is 318 g/mol. The molecule has 0 bridgehead atoms. The van der Waals surface area contributed by atoms with E-state index in [2.05, 4.69) is 22.2 Å². The number of carbonyl (C=O) groups is 1. The maximum absolute atomic E-state index is 12.5. The van der Waals surface area contributed by atoms with E-state index in [-0.39, 0.29) is 5.91 Å². The van der Waals surface area contributed by atoms with Crippen molar-refractivity contribution in [1.29, 1.82) is 0 Å². The molecule has 2 aromatic heterocycles. The van der Waals surface area contributed by atoms with Crippen LogP contribution in [0.1, 0.15) is 40.0 Å². The first kappa shape index (κ1) is 15.3. The lowest BCUT2D eigenvalue weighted by Gasteiger charge is -2.15. The number of hydrogen-bond acceptors (Lipinski definition) is 4. The number of aryl methyl sites for hydroxylation is 2. The predicted molar refractivity (Wildman–Crippen MR) is 97.7 cm³/mol. The second kappa shape index (κ2) is 5.98. The van der Waals surface area contributed by atoms with Gasteiger partial charge < -0.3 is 0 Å². The van der Waals surface area contributed by atoms with Crippen molar-refractivity contribution in [2.24, 2.45) is 5.92 Å². The first-order chi connectivity index (χ1) is 11.6. The molecule has 1 amide bonds. The average molecular weight is 337 g/mol. The van der Waals surface area contributed by atoms with Crippen LogP contribution in [-0.4, -0.2) is 15.9 Å². The fourth-order valence-electron chi connectivity index (χ4n) is 3.12. The van der Waals surface area contributed by atoms with Crippen molar-refractivity contribution in [2.45, 2.75) is 33.1 Å². The highest BCUT2D eigenvalue weighted by Gasteiger charge is 2.20. The first-order valence-electron chi connectivity index (χ1n) is 8.26. The van der Waals surface area contributed by atoms with Crippen molar-refractivity contribution in [3.05, 3.63) is 52.2 Å². The number of hydrogen-bond donors (Lipinski definition) is 1. The van der Waals surface area contributed by atoms with Crippen LogP contribution in [-0.2, 0) is 12.8 Å². The normalized spacial score (nSPS) is 16.8. The number of pyridine rings is 1. The van der Waals surface area contributed by atoms with Gasteiger partial charge in [-0.3, -0.25) is 15.1 Å². The van der Waals surface area contributed by atoms with Crippen molar-refractivity contribution >= 4 is 33.3 Å². The average Bonchev–Trinajstić information content (AvgIpc) is 2.95. The molecule has 0 saturated carbocycles. The van der Waals surface area contributed by atoms with Gasteiger partial charge in [0.05, 0.1) is 11.2 Å². The summed E-state index contributed by atoms with van der Waals surface area (Å²) >= 11 is 1.61. The quantitative estimate of drug-likeness (QED) is 0.755. The van der Waals surface area contributed by atoms with E-state index in [1.54, 1.807) is 11.3 Å². The standard InChI is InChI=1S/C19H19N3OS/c1-11-3-8-15-17(9-11)24-19(21-15)22-18(23)14-7-6-13-5-4-12(2)20-16(13)10-14/h4-7,10-11H,3,8-9H2,1-2H3,(H,21,22,23). The van der Waals surface area contributed by atoms with Crippen LogP contribution in [0.3, 0.4) is 0 Å². The predicted octanol–water partition coefficient (Wildman–Crippen LogP) is 4.38. The van der Waals surface area contributed by atoms with E-state index in [1.807, 2.05) is 37.3 Å². The van der Waals surface area contributed by atoms with Crippen LogP contribution in [0.5, 0.6) is 0 Å². The number of fused-ring (bicyclic) bond motifs is 2. The number of nitrogens with one attached hydrogen (secondary N) is 1. The summed E-state index contributed by atoms with van der Waals surface area (Å²) in [6.07, 6.45) is 3.27. The monoisotopic (exact) mass is 337 g/mol. The minimum Gasteiger partial charge on any atom is -0.298 e. The van der Waals surface area contributed by atoms with E-state index in [0.29, 0.717) is 16.6 Å². The molecule has 24 heavy (non-hydrogen) atoms. The lowest BCUT2D eigenvalue weighted by Crippen LogP contribution is -2.12. The second-order valence-electron chi connectivity index (χ2n) is 6.55. The van der Waals surface area contributed by atoms with Gasteiger partial charge in [-0.1, -0.05) is 19.1 Å². The van der Waals surface area contributed by atoms with Gasteiger partial charge in [0.15, 0.2) is 5.13 Å². The highest BCUT2D eigenvalue weighted by Crippen LogP contribution is 2.32. The third-order valence-electron chi connectivity index (χ3n) is 4.50. The molecule has 4 nitrogen and oxygen atoms in total. The van der Waals surface area contributed by atoms with Gasteiger partial charge in [0.2, 0.25) is 0 Å². The smallest absolute Gasteiger partial charge is 0.257 e. The van der Waals surface area contributed by atoms with Crippen LogP contribution >= 0.6 is 11.3 Å². The van der Waals surface area contributed by atoms with Crippen LogP contribution < -0.4 is 5.32 Å². The van der Waals surface area contributed by atoms with Crippen LogP contribution in [0, 0.1) is 12.8 Å². The Hall–Kier alpha value is -2.27. The van der Waals surface area contributed by atoms with Crippen LogP contribution in [0.2, 0.25) is 0 Å². The maximum Gasteiger partial charge on any atom is 0.257 e. The molecule has 122 valence electrons. The van der Waals surface area contributed by atoms with Crippen molar-refractivity contribution in [3.63, 3.8) is 0 Å². The van der Waals surface area contributed by atoms with Crippen molar-refractivity contribution < 1.29 is 4.79 Å². The maximum atomic E-state index is 12.5. The van der Waals surface area contributed by atoms with E-state index >= 15 is 0 Å². The second-order valence-corrected chi connectivity index (χ2v) is 7.63. The summed E-state index contributed by atoms with van der Waals surface area (Å²) in [5, 5.41) is 4.69. The molecule has 1 aromatic carbocycles. The molecule has 0 radical (unpaired) electrons. The Kier molecular flexibility index (Phi) is 3.81. The largest absolute Gasteiger partial charge is 0.298 e. The summed E-state index contributed by atoms with van der Waals surface area (Å²) in [6, 6.07) is 9.61. The van der Waals surface area contributed by atoms with Gasteiger partial charge in [0.1, 0.15) is 0 Å². The molecule has 1 aliphatic rings. The first-order valence-corrected chi connectivity index (χ1v) is 9.07. The van der Waals surface area contributed by atoms with Gasteiger partial charge >= 0.3 is 0 Å². The van der Waals surface area contributed by atoms with Gasteiger partial charge in [0.25, 0.3) is 5.91 Å². The van der Waals surface area contributed by atoms with E-state index in [4.69, 9.17) is 0 Å². The number of benzene rings is 1. The fraction of sp³-hybridized carbons (Fsp3) is 0.316. The molecule has 3 aromatic rings. The van der Waals surface area contributed by atoms with Crippen LogP contribution in [0.4, 0.5) is 5.13 Å². The van der Waals surface area contributed by atoms with Gasteiger partial charge in [-0.2, -0.15) is 0 Å². The van der Waals surface area contributed by atoms with Crippen molar-refractivity contribution in [3.8, 4) is 0 Å². The molecule has 4 rings (SSSR count). The van der Waals surface area contributed by atoms with Gasteiger partial charge in [-0.25, -0.2) is 4.98 Å². The Morgan fingerprint density at radius 1 is 1.25 bits per heavy atom. The topological polar surface area (TPSA) is 54.9 Å². The van der Waals surface area contributed by atoms with E-state index < -0.39 is 0 Å². The highest BCUT2D eigenvalue weighted by atomic mass is 32.1. The zero-order valence-electron chi connectivity index (χ0n) is 13.8. The molecule has 0 aliphatic heterocycles. The molecule has 0 fully saturated rings. The Morgan fingerprint density at radius 2 is 2.08 bits per heavy atom. The molecule has 5 heteroatoms. The molecule has 1 unspecified atom stereocenters. The summed E-state index contributed by atoms with van der Waals surface area (Å²) in [5.41, 5.74) is 3.56. The van der Waals surface area contributed by atoms with E-state index in [0.717, 1.165) is 35.1 Å². The number of amides is 1. The Morgan fingerprint density at radius 3 is 2.96 bits per heavy atom. The molecule has 1 aliphatic carbocycles. The number of carbonyl (C=O) groups excluding carboxylic acids is 1. The number of rotatable bonds is 2. The van der Waals surface area contributed by atoms with E-state index in [9.17, 15) is 4.79 Å². The summed E-state index contributed by atoms with van der Waals surface area (Å²) in [4.78, 5) is 23.0. The summed E-state index contributed by atoms with van der Waals surface area (Å²) in [7, 11) is 0. The third kappa shape index (κ3) is 2.91. The zero-order chi connectivity index (χ0) is 16.7. The minimum atomic E-state index is -0.126. The zero-order valence-corrected chi connectivity index (χ0v) is 14.6. The van der Waals surface area contributed by atoms with E-state index in [1.165, 1.54) is 11.3 Å². The molecule has 1 N–H and O–H groups in total. The Bertz CT molecular complexity index is 932.